The lowest BCUT2D eigenvalue weighted by Gasteiger charge is -2.13. The summed E-state index contributed by atoms with van der Waals surface area (Å²) in [6.45, 7) is 10.6. The zero-order chi connectivity index (χ0) is 17.5. The average molecular weight is 344 g/mol. The molecule has 1 amide bonds. The average Bonchev–Trinajstić information content (AvgIpc) is 3.02. The van der Waals surface area contributed by atoms with Gasteiger partial charge >= 0.3 is 0 Å². The molecule has 2 rings (SSSR count). The number of aromatic nitrogens is 3. The van der Waals surface area contributed by atoms with Crippen molar-refractivity contribution in [1.29, 1.82) is 0 Å². The Bertz CT molecular complexity index is 681. The SMILES string of the molecule is C=CCn1cnnc1SC(C)C(=O)Nc1ccc(C(C)CC)cc1. The molecule has 0 aliphatic rings. The minimum atomic E-state index is -0.271. The Balaban J connectivity index is 1.96. The van der Waals surface area contributed by atoms with Gasteiger partial charge in [-0.05, 0) is 37.0 Å². The van der Waals surface area contributed by atoms with Crippen LogP contribution in [-0.2, 0) is 11.3 Å². The summed E-state index contributed by atoms with van der Waals surface area (Å²) in [5.74, 6) is 0.477. The van der Waals surface area contributed by atoms with Crippen LogP contribution in [0.5, 0.6) is 0 Å². The van der Waals surface area contributed by atoms with Gasteiger partial charge in [-0.25, -0.2) is 0 Å². The van der Waals surface area contributed by atoms with Crippen molar-refractivity contribution < 1.29 is 4.79 Å². The number of nitrogens with zero attached hydrogens (tertiary/aromatic N) is 3. The van der Waals surface area contributed by atoms with Gasteiger partial charge in [-0.1, -0.05) is 43.8 Å². The molecule has 1 N–H and O–H groups in total. The Morgan fingerprint density at radius 3 is 2.71 bits per heavy atom. The third-order valence-electron chi connectivity index (χ3n) is 3.92. The second-order valence-electron chi connectivity index (χ2n) is 5.74. The van der Waals surface area contributed by atoms with E-state index in [1.807, 2.05) is 23.6 Å². The summed E-state index contributed by atoms with van der Waals surface area (Å²) < 4.78 is 1.86. The van der Waals surface area contributed by atoms with Crippen molar-refractivity contribution in [2.45, 2.75) is 50.1 Å². The number of hydrogen-bond acceptors (Lipinski definition) is 4. The van der Waals surface area contributed by atoms with Crippen molar-refractivity contribution in [3.63, 3.8) is 0 Å². The highest BCUT2D eigenvalue weighted by Crippen LogP contribution is 2.23. The van der Waals surface area contributed by atoms with E-state index in [0.29, 0.717) is 17.6 Å². The quantitative estimate of drug-likeness (QED) is 0.578. The zero-order valence-electron chi connectivity index (χ0n) is 14.4. The Morgan fingerprint density at radius 2 is 2.08 bits per heavy atom. The summed E-state index contributed by atoms with van der Waals surface area (Å²) >= 11 is 1.39. The van der Waals surface area contributed by atoms with Gasteiger partial charge in [-0.2, -0.15) is 0 Å². The van der Waals surface area contributed by atoms with Gasteiger partial charge in [0.2, 0.25) is 5.91 Å². The summed E-state index contributed by atoms with van der Waals surface area (Å²) in [4.78, 5) is 12.4. The van der Waals surface area contributed by atoms with Crippen LogP contribution in [0.15, 0.2) is 48.4 Å². The second kappa shape index (κ2) is 8.68. The van der Waals surface area contributed by atoms with Crippen LogP contribution in [0.3, 0.4) is 0 Å². The second-order valence-corrected chi connectivity index (χ2v) is 7.04. The summed E-state index contributed by atoms with van der Waals surface area (Å²) in [5, 5.41) is 11.3. The maximum atomic E-state index is 12.4. The number of rotatable bonds is 8. The number of carbonyl (C=O) groups excluding carboxylic acids is 1. The van der Waals surface area contributed by atoms with E-state index >= 15 is 0 Å². The molecule has 0 radical (unpaired) electrons. The summed E-state index contributed by atoms with van der Waals surface area (Å²) in [6.07, 6.45) is 4.52. The monoisotopic (exact) mass is 344 g/mol. The molecule has 0 saturated carbocycles. The van der Waals surface area contributed by atoms with Crippen molar-refractivity contribution in [2.24, 2.45) is 0 Å². The first-order chi connectivity index (χ1) is 11.5. The zero-order valence-corrected chi connectivity index (χ0v) is 15.2. The molecule has 24 heavy (non-hydrogen) atoms. The predicted octanol–water partition coefficient (Wildman–Crippen LogP) is 4.10. The number of benzene rings is 1. The van der Waals surface area contributed by atoms with Crippen molar-refractivity contribution in [3.8, 4) is 0 Å². The third-order valence-corrected chi connectivity index (χ3v) is 5.01. The number of anilines is 1. The van der Waals surface area contributed by atoms with Crippen molar-refractivity contribution in [1.82, 2.24) is 14.8 Å². The maximum Gasteiger partial charge on any atom is 0.237 e. The van der Waals surface area contributed by atoms with E-state index in [1.54, 1.807) is 12.4 Å². The first-order valence-electron chi connectivity index (χ1n) is 8.11. The van der Waals surface area contributed by atoms with E-state index in [2.05, 4.69) is 48.1 Å². The molecule has 0 fully saturated rings. The van der Waals surface area contributed by atoms with Gasteiger partial charge in [-0.3, -0.25) is 4.79 Å². The molecule has 0 aliphatic heterocycles. The number of nitrogens with one attached hydrogen (secondary N) is 1. The fourth-order valence-electron chi connectivity index (χ4n) is 2.19. The van der Waals surface area contributed by atoms with E-state index in [4.69, 9.17) is 0 Å². The number of carbonyl (C=O) groups is 1. The van der Waals surface area contributed by atoms with Gasteiger partial charge in [-0.15, -0.1) is 16.8 Å². The molecule has 0 spiro atoms. The van der Waals surface area contributed by atoms with E-state index in [9.17, 15) is 4.79 Å². The Morgan fingerprint density at radius 1 is 1.38 bits per heavy atom. The molecule has 1 heterocycles. The first-order valence-corrected chi connectivity index (χ1v) is 8.99. The molecule has 1 aromatic carbocycles. The Labute approximate surface area is 147 Å². The largest absolute Gasteiger partial charge is 0.325 e. The molecule has 2 unspecified atom stereocenters. The van der Waals surface area contributed by atoms with Crippen LogP contribution < -0.4 is 5.32 Å². The molecule has 0 aliphatic carbocycles. The molecule has 2 aromatic rings. The van der Waals surface area contributed by atoms with E-state index < -0.39 is 0 Å². The van der Waals surface area contributed by atoms with Crippen LogP contribution in [0.1, 0.15) is 38.7 Å². The van der Waals surface area contributed by atoms with Gasteiger partial charge < -0.3 is 9.88 Å². The summed E-state index contributed by atoms with van der Waals surface area (Å²) in [7, 11) is 0. The molecule has 6 heteroatoms. The smallest absolute Gasteiger partial charge is 0.237 e. The van der Waals surface area contributed by atoms with E-state index in [0.717, 1.165) is 12.1 Å². The molecular formula is C18H24N4OS. The number of thioether (sulfide) groups is 1. The standard InChI is InChI=1S/C18H24N4OS/c1-5-11-22-12-19-21-18(22)24-14(4)17(23)20-16-9-7-15(8-10-16)13(3)6-2/h5,7-10,12-14H,1,6,11H2,2-4H3,(H,20,23). The molecule has 2 atom stereocenters. The molecule has 0 saturated heterocycles. The highest BCUT2D eigenvalue weighted by molar-refractivity contribution is 8.00. The van der Waals surface area contributed by atoms with Crippen LogP contribution in [0.2, 0.25) is 0 Å². The maximum absolute atomic E-state index is 12.4. The summed E-state index contributed by atoms with van der Waals surface area (Å²) in [6, 6.07) is 8.05. The van der Waals surface area contributed by atoms with Crippen LogP contribution in [0.25, 0.3) is 0 Å². The lowest BCUT2D eigenvalue weighted by molar-refractivity contribution is -0.115. The predicted molar refractivity (Wildman–Crippen MR) is 99.3 cm³/mol. The van der Waals surface area contributed by atoms with Crippen LogP contribution in [0.4, 0.5) is 5.69 Å². The molecule has 5 nitrogen and oxygen atoms in total. The summed E-state index contributed by atoms with van der Waals surface area (Å²) in [5.41, 5.74) is 2.10. The molecule has 128 valence electrons. The van der Waals surface area contributed by atoms with Crippen LogP contribution >= 0.6 is 11.8 Å². The molecular weight excluding hydrogens is 320 g/mol. The topological polar surface area (TPSA) is 59.8 Å². The van der Waals surface area contributed by atoms with Crippen molar-refractivity contribution >= 4 is 23.4 Å². The number of hydrogen-bond donors (Lipinski definition) is 1. The Hall–Kier alpha value is -2.08. The third kappa shape index (κ3) is 4.71. The van der Waals surface area contributed by atoms with Gasteiger partial charge in [0.05, 0.1) is 5.25 Å². The lowest BCUT2D eigenvalue weighted by atomic mass is 9.99. The molecule has 0 bridgehead atoms. The first kappa shape index (κ1) is 18.3. The Kier molecular flexibility index (Phi) is 6.61. The van der Waals surface area contributed by atoms with Crippen molar-refractivity contribution in [3.05, 3.63) is 48.8 Å². The van der Waals surface area contributed by atoms with Crippen molar-refractivity contribution in [2.75, 3.05) is 5.32 Å². The van der Waals surface area contributed by atoms with Gasteiger partial charge in [0.1, 0.15) is 6.33 Å². The van der Waals surface area contributed by atoms with Crippen LogP contribution in [0, 0.1) is 0 Å². The minimum absolute atomic E-state index is 0.0514. The number of allylic oxidation sites excluding steroid dienone is 1. The fourth-order valence-corrected chi connectivity index (χ4v) is 3.02. The number of amides is 1. The van der Waals surface area contributed by atoms with E-state index in [-0.39, 0.29) is 11.2 Å². The lowest BCUT2D eigenvalue weighted by Crippen LogP contribution is -2.22. The highest BCUT2D eigenvalue weighted by Gasteiger charge is 2.18. The van der Waals surface area contributed by atoms with E-state index in [1.165, 1.54) is 17.3 Å². The van der Waals surface area contributed by atoms with Crippen LogP contribution in [-0.4, -0.2) is 25.9 Å². The normalized spacial score (nSPS) is 13.3. The van der Waals surface area contributed by atoms with Gasteiger partial charge in [0.25, 0.3) is 0 Å². The minimum Gasteiger partial charge on any atom is -0.325 e. The van der Waals surface area contributed by atoms with Gasteiger partial charge in [0.15, 0.2) is 5.16 Å². The van der Waals surface area contributed by atoms with Gasteiger partial charge in [0, 0.05) is 12.2 Å². The fraction of sp³-hybridized carbons (Fsp3) is 0.389. The highest BCUT2D eigenvalue weighted by atomic mass is 32.2. The molecule has 1 aromatic heterocycles.